The number of oxazole rings is 1. The van der Waals surface area contributed by atoms with Gasteiger partial charge in [0.15, 0.2) is 5.58 Å². The predicted molar refractivity (Wildman–Crippen MR) is 55.6 cm³/mol. The molecule has 0 aliphatic rings. The van der Waals surface area contributed by atoms with Gasteiger partial charge in [-0.3, -0.25) is 4.57 Å². The number of hydrogen-bond donors (Lipinski definition) is 0. The van der Waals surface area contributed by atoms with Crippen molar-refractivity contribution in [2.75, 3.05) is 0 Å². The molecule has 1 heterocycles. The molecule has 0 fully saturated rings. The van der Waals surface area contributed by atoms with E-state index in [4.69, 9.17) is 4.42 Å². The lowest BCUT2D eigenvalue weighted by molar-refractivity contribution is -0.00822. The van der Waals surface area contributed by atoms with Crippen molar-refractivity contribution in [2.24, 2.45) is 7.05 Å². The first-order valence-electron chi connectivity index (χ1n) is 4.93. The van der Waals surface area contributed by atoms with Crippen LogP contribution < -0.4 is 5.76 Å². The number of aromatic nitrogens is 1. The highest BCUT2D eigenvalue weighted by atomic mass is 19.3. The molecule has 0 N–H and O–H groups in total. The average molecular weight is 227 g/mol. The van der Waals surface area contributed by atoms with Crippen LogP contribution in [0.2, 0.25) is 0 Å². The summed E-state index contributed by atoms with van der Waals surface area (Å²) in [5, 5.41) is 0. The minimum absolute atomic E-state index is 0.128. The summed E-state index contributed by atoms with van der Waals surface area (Å²) >= 11 is 0. The van der Waals surface area contributed by atoms with Gasteiger partial charge in [0.1, 0.15) is 0 Å². The Morgan fingerprint density at radius 1 is 1.44 bits per heavy atom. The van der Waals surface area contributed by atoms with Crippen molar-refractivity contribution in [3.63, 3.8) is 0 Å². The first kappa shape index (κ1) is 10.9. The van der Waals surface area contributed by atoms with E-state index < -0.39 is 11.7 Å². The van der Waals surface area contributed by atoms with Crippen LogP contribution in [0.3, 0.4) is 0 Å². The van der Waals surface area contributed by atoms with Gasteiger partial charge in [0.2, 0.25) is 0 Å². The zero-order chi connectivity index (χ0) is 11.9. The summed E-state index contributed by atoms with van der Waals surface area (Å²) in [4.78, 5) is 11.2. The smallest absolute Gasteiger partial charge is 0.408 e. The Morgan fingerprint density at radius 2 is 2.12 bits per heavy atom. The van der Waals surface area contributed by atoms with Crippen LogP contribution in [0.5, 0.6) is 0 Å². The molecule has 86 valence electrons. The Labute approximate surface area is 90.3 Å². The number of aryl methyl sites for hydroxylation is 1. The largest absolute Gasteiger partial charge is 0.419 e. The fourth-order valence-corrected chi connectivity index (χ4v) is 1.57. The molecule has 2 aromatic rings. The van der Waals surface area contributed by atoms with Gasteiger partial charge < -0.3 is 4.42 Å². The standard InChI is InChI=1S/C11H11F2NO2/c1-3-11(12,13)7-4-5-8-9(6-7)16-10(15)14(8)2/h4-6H,3H2,1-2H3. The molecule has 0 aliphatic carbocycles. The van der Waals surface area contributed by atoms with E-state index in [1.54, 1.807) is 0 Å². The molecule has 0 radical (unpaired) electrons. The maximum absolute atomic E-state index is 13.4. The molecular weight excluding hydrogens is 216 g/mol. The zero-order valence-corrected chi connectivity index (χ0v) is 8.96. The predicted octanol–water partition coefficient (Wildman–Crippen LogP) is 2.63. The van der Waals surface area contributed by atoms with Crippen molar-refractivity contribution in [3.8, 4) is 0 Å². The van der Waals surface area contributed by atoms with Gasteiger partial charge in [-0.15, -0.1) is 0 Å². The molecule has 0 atom stereocenters. The second-order valence-corrected chi connectivity index (χ2v) is 3.67. The van der Waals surface area contributed by atoms with Crippen molar-refractivity contribution in [2.45, 2.75) is 19.3 Å². The number of benzene rings is 1. The van der Waals surface area contributed by atoms with Crippen LogP contribution in [-0.2, 0) is 13.0 Å². The van der Waals surface area contributed by atoms with Gasteiger partial charge in [-0.25, -0.2) is 13.6 Å². The van der Waals surface area contributed by atoms with Crippen LogP contribution in [0.15, 0.2) is 27.4 Å². The Hall–Kier alpha value is -1.65. The van der Waals surface area contributed by atoms with Crippen LogP contribution in [-0.4, -0.2) is 4.57 Å². The summed E-state index contributed by atoms with van der Waals surface area (Å²) in [6.45, 7) is 1.41. The third-order valence-corrected chi connectivity index (χ3v) is 2.66. The highest BCUT2D eigenvalue weighted by Gasteiger charge is 2.29. The average Bonchev–Trinajstić information content (AvgIpc) is 2.54. The maximum atomic E-state index is 13.4. The van der Waals surface area contributed by atoms with Gasteiger partial charge in [-0.2, -0.15) is 0 Å². The van der Waals surface area contributed by atoms with E-state index in [1.807, 2.05) is 0 Å². The molecule has 0 bridgehead atoms. The van der Waals surface area contributed by atoms with Crippen LogP contribution in [0.25, 0.3) is 11.1 Å². The molecule has 0 aliphatic heterocycles. The number of halogens is 2. The number of alkyl halides is 2. The van der Waals surface area contributed by atoms with E-state index in [0.717, 1.165) is 0 Å². The summed E-state index contributed by atoms with van der Waals surface area (Å²) in [5.41, 5.74) is 0.579. The fraction of sp³-hybridized carbons (Fsp3) is 0.364. The molecule has 1 aromatic carbocycles. The lowest BCUT2D eigenvalue weighted by Gasteiger charge is -2.13. The summed E-state index contributed by atoms with van der Waals surface area (Å²) in [6, 6.07) is 4.01. The summed E-state index contributed by atoms with van der Waals surface area (Å²) in [7, 11) is 1.53. The quantitative estimate of drug-likeness (QED) is 0.790. The van der Waals surface area contributed by atoms with Gasteiger partial charge in [0.25, 0.3) is 5.92 Å². The van der Waals surface area contributed by atoms with Gasteiger partial charge in [-0.05, 0) is 12.1 Å². The molecule has 0 saturated heterocycles. The summed E-state index contributed by atoms with van der Waals surface area (Å²) in [6.07, 6.45) is -0.282. The normalized spacial score (nSPS) is 12.2. The minimum atomic E-state index is -2.89. The summed E-state index contributed by atoms with van der Waals surface area (Å²) < 4.78 is 32.9. The fourth-order valence-electron chi connectivity index (χ4n) is 1.57. The summed E-state index contributed by atoms with van der Waals surface area (Å²) in [5.74, 6) is -3.44. The van der Waals surface area contributed by atoms with Crippen molar-refractivity contribution < 1.29 is 13.2 Å². The second-order valence-electron chi connectivity index (χ2n) is 3.67. The molecule has 0 saturated carbocycles. The van der Waals surface area contributed by atoms with Gasteiger partial charge in [0.05, 0.1) is 5.52 Å². The topological polar surface area (TPSA) is 35.1 Å². The maximum Gasteiger partial charge on any atom is 0.419 e. The SMILES string of the molecule is CCC(F)(F)c1ccc2c(c1)oc(=O)n2C. The first-order valence-corrected chi connectivity index (χ1v) is 4.93. The number of fused-ring (bicyclic) bond motifs is 1. The van der Waals surface area contributed by atoms with Crippen molar-refractivity contribution >= 4 is 11.1 Å². The van der Waals surface area contributed by atoms with Gasteiger partial charge in [-0.1, -0.05) is 13.0 Å². The number of nitrogens with zero attached hydrogens (tertiary/aromatic N) is 1. The van der Waals surface area contributed by atoms with Crippen molar-refractivity contribution in [1.82, 2.24) is 4.57 Å². The highest BCUT2D eigenvalue weighted by Crippen LogP contribution is 2.32. The van der Waals surface area contributed by atoms with E-state index in [9.17, 15) is 13.6 Å². The molecule has 0 unspecified atom stereocenters. The molecule has 3 nitrogen and oxygen atoms in total. The molecule has 5 heteroatoms. The highest BCUT2D eigenvalue weighted by molar-refractivity contribution is 5.73. The molecule has 0 amide bonds. The Bertz CT molecular complexity index is 583. The van der Waals surface area contributed by atoms with Crippen molar-refractivity contribution in [3.05, 3.63) is 34.3 Å². The third kappa shape index (κ3) is 1.52. The van der Waals surface area contributed by atoms with Crippen molar-refractivity contribution in [1.29, 1.82) is 0 Å². The van der Waals surface area contributed by atoms with Crippen LogP contribution in [0, 0.1) is 0 Å². The van der Waals surface area contributed by atoms with Gasteiger partial charge in [0, 0.05) is 19.0 Å². The molecule has 16 heavy (non-hydrogen) atoms. The first-order chi connectivity index (χ1) is 7.45. The van der Waals surface area contributed by atoms with E-state index >= 15 is 0 Å². The third-order valence-electron chi connectivity index (χ3n) is 2.66. The van der Waals surface area contributed by atoms with Crippen LogP contribution in [0.4, 0.5) is 8.78 Å². The van der Waals surface area contributed by atoms with Gasteiger partial charge >= 0.3 is 5.76 Å². The molecule has 2 rings (SSSR count). The number of rotatable bonds is 2. The van der Waals surface area contributed by atoms with E-state index in [-0.39, 0.29) is 17.6 Å². The minimum Gasteiger partial charge on any atom is -0.408 e. The molecular formula is C11H11F2NO2. The van der Waals surface area contributed by atoms with Crippen LogP contribution >= 0.6 is 0 Å². The van der Waals surface area contributed by atoms with E-state index in [2.05, 4.69) is 0 Å². The molecule has 1 aromatic heterocycles. The zero-order valence-electron chi connectivity index (χ0n) is 8.96. The Kier molecular flexibility index (Phi) is 2.33. The monoisotopic (exact) mass is 227 g/mol. The van der Waals surface area contributed by atoms with Crippen LogP contribution in [0.1, 0.15) is 18.9 Å². The van der Waals surface area contributed by atoms with E-state index in [0.29, 0.717) is 5.52 Å². The Morgan fingerprint density at radius 3 is 2.75 bits per heavy atom. The van der Waals surface area contributed by atoms with E-state index in [1.165, 1.54) is 36.7 Å². The number of hydrogen-bond acceptors (Lipinski definition) is 2. The lowest BCUT2D eigenvalue weighted by atomic mass is 10.1. The Balaban J connectivity index is 2.66. The molecule has 0 spiro atoms. The lowest BCUT2D eigenvalue weighted by Crippen LogP contribution is -2.11. The second kappa shape index (κ2) is 3.43.